The second kappa shape index (κ2) is 5.81. The Kier molecular flexibility index (Phi) is 4.12. The third-order valence-corrected chi connectivity index (χ3v) is 3.10. The van der Waals surface area contributed by atoms with Crippen molar-refractivity contribution in [2.24, 2.45) is 0 Å². The number of nitrogens with one attached hydrogen (secondary N) is 1. The van der Waals surface area contributed by atoms with Gasteiger partial charge in [-0.1, -0.05) is 0 Å². The van der Waals surface area contributed by atoms with Crippen molar-refractivity contribution >= 4 is 5.91 Å². The predicted molar refractivity (Wildman–Crippen MR) is 72.5 cm³/mol. The molecule has 20 heavy (non-hydrogen) atoms. The number of halogens is 1. The molecule has 2 heterocycles. The van der Waals surface area contributed by atoms with Crippen LogP contribution in [0.3, 0.4) is 0 Å². The summed E-state index contributed by atoms with van der Waals surface area (Å²) in [5.41, 5.74) is 2.19. The molecule has 0 saturated carbocycles. The Balaban J connectivity index is 2.02. The Bertz CT molecular complexity index is 623. The van der Waals surface area contributed by atoms with Gasteiger partial charge in [0.1, 0.15) is 11.9 Å². The van der Waals surface area contributed by atoms with E-state index in [0.29, 0.717) is 5.56 Å². The smallest absolute Gasteiger partial charge is 0.244 e. The van der Waals surface area contributed by atoms with Gasteiger partial charge in [-0.05, 0) is 32.9 Å². The Morgan fingerprint density at radius 2 is 2.25 bits per heavy atom. The first-order chi connectivity index (χ1) is 9.49. The molecular weight excluding hydrogens is 259 g/mol. The lowest BCUT2D eigenvalue weighted by molar-refractivity contribution is -0.124. The van der Waals surface area contributed by atoms with Crippen molar-refractivity contribution in [3.05, 3.63) is 47.3 Å². The summed E-state index contributed by atoms with van der Waals surface area (Å²) < 4.78 is 15.1. The third-order valence-electron chi connectivity index (χ3n) is 3.10. The molecule has 1 unspecified atom stereocenters. The van der Waals surface area contributed by atoms with E-state index in [1.807, 2.05) is 19.9 Å². The number of carbonyl (C=O) groups excluding carboxylic acids is 1. The number of hydrogen-bond donors (Lipinski definition) is 1. The second-order valence-electron chi connectivity index (χ2n) is 4.73. The Labute approximate surface area is 116 Å². The van der Waals surface area contributed by atoms with Crippen molar-refractivity contribution in [1.82, 2.24) is 20.1 Å². The number of rotatable bonds is 4. The highest BCUT2D eigenvalue weighted by Crippen LogP contribution is 2.11. The number of nitrogens with zero attached hydrogens (tertiary/aromatic N) is 3. The average Bonchev–Trinajstić information content (AvgIpc) is 2.75. The Morgan fingerprint density at radius 3 is 2.85 bits per heavy atom. The number of pyridine rings is 1. The van der Waals surface area contributed by atoms with Crippen LogP contribution in [0.15, 0.2) is 24.5 Å². The molecule has 0 aliphatic heterocycles. The molecule has 0 radical (unpaired) electrons. The van der Waals surface area contributed by atoms with Gasteiger partial charge < -0.3 is 5.32 Å². The maximum atomic E-state index is 13.4. The lowest BCUT2D eigenvalue weighted by atomic mass is 10.2. The number of aryl methyl sites for hydroxylation is 2. The predicted octanol–water partition coefficient (Wildman–Crippen LogP) is 1.91. The first-order valence-corrected chi connectivity index (χ1v) is 6.38. The fourth-order valence-electron chi connectivity index (χ4n) is 2.03. The zero-order valence-corrected chi connectivity index (χ0v) is 11.7. The van der Waals surface area contributed by atoms with Crippen LogP contribution in [-0.4, -0.2) is 20.7 Å². The number of amides is 1. The zero-order chi connectivity index (χ0) is 14.7. The van der Waals surface area contributed by atoms with E-state index in [9.17, 15) is 9.18 Å². The lowest BCUT2D eigenvalue weighted by Gasteiger charge is -2.14. The van der Waals surface area contributed by atoms with Crippen LogP contribution in [0, 0.1) is 19.7 Å². The van der Waals surface area contributed by atoms with Crippen LogP contribution >= 0.6 is 0 Å². The molecule has 2 rings (SSSR count). The van der Waals surface area contributed by atoms with E-state index in [4.69, 9.17) is 0 Å². The summed E-state index contributed by atoms with van der Waals surface area (Å²) in [5, 5.41) is 6.98. The molecule has 0 fully saturated rings. The summed E-state index contributed by atoms with van der Waals surface area (Å²) in [6, 6.07) is 3.02. The van der Waals surface area contributed by atoms with Crippen LogP contribution < -0.4 is 5.32 Å². The Morgan fingerprint density at radius 1 is 1.50 bits per heavy atom. The molecule has 5 nitrogen and oxygen atoms in total. The van der Waals surface area contributed by atoms with Gasteiger partial charge in [-0.25, -0.2) is 4.39 Å². The molecule has 6 heteroatoms. The van der Waals surface area contributed by atoms with E-state index in [1.165, 1.54) is 6.20 Å². The van der Waals surface area contributed by atoms with Gasteiger partial charge in [-0.15, -0.1) is 0 Å². The van der Waals surface area contributed by atoms with Crippen LogP contribution in [0.1, 0.15) is 29.9 Å². The van der Waals surface area contributed by atoms with E-state index in [-0.39, 0.29) is 12.5 Å². The first-order valence-electron chi connectivity index (χ1n) is 6.38. The summed E-state index contributed by atoms with van der Waals surface area (Å²) in [4.78, 5) is 15.7. The minimum absolute atomic E-state index is 0.136. The van der Waals surface area contributed by atoms with Crippen LogP contribution in [0.25, 0.3) is 0 Å². The lowest BCUT2D eigenvalue weighted by Crippen LogP contribution is -2.31. The maximum absolute atomic E-state index is 13.4. The van der Waals surface area contributed by atoms with Crippen molar-refractivity contribution in [2.45, 2.75) is 33.4 Å². The summed E-state index contributed by atoms with van der Waals surface area (Å²) in [5.74, 6) is -0.626. The molecule has 0 spiro atoms. The SMILES string of the molecule is Cc1cc(C)n(C(C)C(=O)NCc2ccncc2F)n1. The molecule has 0 aliphatic carbocycles. The number of carbonyl (C=O) groups is 1. The molecular formula is C14H17FN4O. The van der Waals surface area contributed by atoms with Crippen molar-refractivity contribution in [2.75, 3.05) is 0 Å². The van der Waals surface area contributed by atoms with Crippen LogP contribution in [0.4, 0.5) is 4.39 Å². The quantitative estimate of drug-likeness (QED) is 0.928. The highest BCUT2D eigenvalue weighted by Gasteiger charge is 2.17. The van der Waals surface area contributed by atoms with Gasteiger partial charge >= 0.3 is 0 Å². The van der Waals surface area contributed by atoms with Crippen LogP contribution in [-0.2, 0) is 11.3 Å². The van der Waals surface area contributed by atoms with Crippen LogP contribution in [0.2, 0.25) is 0 Å². The molecule has 1 amide bonds. The molecule has 0 aromatic carbocycles. The van der Waals surface area contributed by atoms with Gasteiger partial charge in [0.2, 0.25) is 5.91 Å². The molecule has 0 bridgehead atoms. The fraction of sp³-hybridized carbons (Fsp3) is 0.357. The van der Waals surface area contributed by atoms with Gasteiger partial charge in [-0.2, -0.15) is 5.10 Å². The van der Waals surface area contributed by atoms with Crippen molar-refractivity contribution < 1.29 is 9.18 Å². The van der Waals surface area contributed by atoms with Gasteiger partial charge in [0.25, 0.3) is 0 Å². The summed E-state index contributed by atoms with van der Waals surface area (Å²) in [6.07, 6.45) is 2.63. The van der Waals surface area contributed by atoms with E-state index >= 15 is 0 Å². The van der Waals surface area contributed by atoms with Crippen molar-refractivity contribution in [3.8, 4) is 0 Å². The monoisotopic (exact) mass is 276 g/mol. The molecule has 2 aromatic heterocycles. The summed E-state index contributed by atoms with van der Waals surface area (Å²) >= 11 is 0. The van der Waals surface area contributed by atoms with Gasteiger partial charge in [-0.3, -0.25) is 14.5 Å². The normalized spacial score (nSPS) is 12.2. The third kappa shape index (κ3) is 3.01. The number of aromatic nitrogens is 3. The summed E-state index contributed by atoms with van der Waals surface area (Å²) in [6.45, 7) is 5.67. The zero-order valence-electron chi connectivity index (χ0n) is 11.7. The highest BCUT2D eigenvalue weighted by molar-refractivity contribution is 5.79. The maximum Gasteiger partial charge on any atom is 0.244 e. The van der Waals surface area contributed by atoms with E-state index in [2.05, 4.69) is 15.4 Å². The van der Waals surface area contributed by atoms with Gasteiger partial charge in [0.15, 0.2) is 0 Å². The topological polar surface area (TPSA) is 59.8 Å². The van der Waals surface area contributed by atoms with Gasteiger partial charge in [0, 0.05) is 24.0 Å². The molecule has 106 valence electrons. The van der Waals surface area contributed by atoms with Crippen molar-refractivity contribution in [3.63, 3.8) is 0 Å². The Hall–Kier alpha value is -2.24. The first kappa shape index (κ1) is 14.2. The standard InChI is InChI=1S/C14H17FN4O/c1-9-6-10(2)19(18-9)11(3)14(20)17-7-12-4-5-16-8-13(12)15/h4-6,8,11H,7H2,1-3H3,(H,17,20). The molecule has 0 saturated heterocycles. The molecule has 1 N–H and O–H groups in total. The summed E-state index contributed by atoms with van der Waals surface area (Å²) in [7, 11) is 0. The minimum Gasteiger partial charge on any atom is -0.350 e. The van der Waals surface area contributed by atoms with E-state index in [0.717, 1.165) is 17.6 Å². The van der Waals surface area contributed by atoms with Gasteiger partial charge in [0.05, 0.1) is 11.9 Å². The van der Waals surface area contributed by atoms with Crippen LogP contribution in [0.5, 0.6) is 0 Å². The molecule has 2 aromatic rings. The molecule has 1 atom stereocenters. The largest absolute Gasteiger partial charge is 0.350 e. The highest BCUT2D eigenvalue weighted by atomic mass is 19.1. The molecule has 0 aliphatic rings. The second-order valence-corrected chi connectivity index (χ2v) is 4.73. The average molecular weight is 276 g/mol. The van der Waals surface area contributed by atoms with Crippen molar-refractivity contribution in [1.29, 1.82) is 0 Å². The fourth-order valence-corrected chi connectivity index (χ4v) is 2.03. The van der Waals surface area contributed by atoms with E-state index in [1.54, 1.807) is 17.7 Å². The van der Waals surface area contributed by atoms with E-state index < -0.39 is 11.9 Å². The number of hydrogen-bond acceptors (Lipinski definition) is 3. The minimum atomic E-state index is -0.436.